The molecule has 0 bridgehead atoms. The van der Waals surface area contributed by atoms with Crippen molar-refractivity contribution in [3.8, 4) is 0 Å². The zero-order valence-electron chi connectivity index (χ0n) is 8.93. The molecule has 1 aliphatic rings. The molecule has 1 aliphatic heterocycles. The van der Waals surface area contributed by atoms with Gasteiger partial charge in [-0.2, -0.15) is 0 Å². The molecular formula is C12H18N2. The third-order valence-electron chi connectivity index (χ3n) is 3.22. The van der Waals surface area contributed by atoms with Gasteiger partial charge in [-0.1, -0.05) is 12.1 Å². The fourth-order valence-corrected chi connectivity index (χ4v) is 2.06. The van der Waals surface area contributed by atoms with Gasteiger partial charge in [-0.3, -0.25) is 0 Å². The summed E-state index contributed by atoms with van der Waals surface area (Å²) in [6.07, 6.45) is 2.32. The van der Waals surface area contributed by atoms with Gasteiger partial charge in [0.25, 0.3) is 0 Å². The van der Waals surface area contributed by atoms with Crippen LogP contribution in [0.25, 0.3) is 0 Å². The molecule has 1 aromatic carbocycles. The average Bonchev–Trinajstić information content (AvgIpc) is 2.23. The van der Waals surface area contributed by atoms with Crippen molar-refractivity contribution < 1.29 is 0 Å². The third-order valence-corrected chi connectivity index (χ3v) is 3.22. The molecule has 14 heavy (non-hydrogen) atoms. The largest absolute Gasteiger partial charge is 0.381 e. The van der Waals surface area contributed by atoms with Crippen LogP contribution in [0.4, 0.5) is 5.69 Å². The van der Waals surface area contributed by atoms with Gasteiger partial charge in [-0.15, -0.1) is 0 Å². The normalized spacial score (nSPS) is 20.1. The van der Waals surface area contributed by atoms with Crippen molar-refractivity contribution in [3.63, 3.8) is 0 Å². The summed E-state index contributed by atoms with van der Waals surface area (Å²) in [5.74, 6) is 0. The van der Waals surface area contributed by atoms with E-state index < -0.39 is 0 Å². The monoisotopic (exact) mass is 190 g/mol. The molecule has 0 aliphatic carbocycles. The number of rotatable bonds is 1. The molecule has 1 aromatic rings. The topological polar surface area (TPSA) is 38.0 Å². The van der Waals surface area contributed by atoms with E-state index in [2.05, 4.69) is 31.3 Å². The molecule has 2 nitrogen and oxygen atoms in total. The summed E-state index contributed by atoms with van der Waals surface area (Å²) in [4.78, 5) is 0. The molecule has 2 heteroatoms. The highest BCUT2D eigenvalue weighted by Crippen LogP contribution is 2.29. The maximum Gasteiger partial charge on any atom is 0.0407 e. The van der Waals surface area contributed by atoms with Crippen molar-refractivity contribution in [2.24, 2.45) is 5.73 Å². The minimum Gasteiger partial charge on any atom is -0.381 e. The smallest absolute Gasteiger partial charge is 0.0407 e. The van der Waals surface area contributed by atoms with E-state index in [9.17, 15) is 0 Å². The van der Waals surface area contributed by atoms with Crippen LogP contribution in [0.2, 0.25) is 0 Å². The van der Waals surface area contributed by atoms with Crippen LogP contribution in [0.5, 0.6) is 0 Å². The Morgan fingerprint density at radius 1 is 1.43 bits per heavy atom. The van der Waals surface area contributed by atoms with Gasteiger partial charge in [0.2, 0.25) is 0 Å². The molecule has 0 aromatic heterocycles. The molecule has 0 fully saturated rings. The van der Waals surface area contributed by atoms with Gasteiger partial charge >= 0.3 is 0 Å². The molecule has 3 N–H and O–H groups in total. The van der Waals surface area contributed by atoms with E-state index in [1.54, 1.807) is 0 Å². The first-order valence-electron chi connectivity index (χ1n) is 5.28. The number of aryl methyl sites for hydroxylation is 2. The Labute approximate surface area is 85.5 Å². The fourth-order valence-electron chi connectivity index (χ4n) is 2.06. The fraction of sp³-hybridized carbons (Fsp3) is 0.500. The Kier molecular flexibility index (Phi) is 2.46. The molecule has 0 spiro atoms. The molecule has 0 saturated heterocycles. The molecule has 0 amide bonds. The molecule has 1 atom stereocenters. The lowest BCUT2D eigenvalue weighted by Gasteiger charge is -2.28. The quantitative estimate of drug-likeness (QED) is 0.710. The predicted octanol–water partition coefficient (Wildman–Crippen LogP) is 1.99. The van der Waals surface area contributed by atoms with Gasteiger partial charge in [0.15, 0.2) is 0 Å². The SMILES string of the molecule is Cc1ccc2c(c1C)NC(CN)CC2. The molecule has 0 saturated carbocycles. The van der Waals surface area contributed by atoms with E-state index in [0.29, 0.717) is 6.04 Å². The summed E-state index contributed by atoms with van der Waals surface area (Å²) in [5, 5.41) is 3.53. The number of nitrogens with one attached hydrogen (secondary N) is 1. The van der Waals surface area contributed by atoms with Gasteiger partial charge in [0.05, 0.1) is 0 Å². The lowest BCUT2D eigenvalue weighted by Crippen LogP contribution is -2.33. The zero-order chi connectivity index (χ0) is 10.1. The van der Waals surface area contributed by atoms with E-state index in [1.165, 1.54) is 22.4 Å². The standard InChI is InChI=1S/C12H18N2/c1-8-3-4-10-5-6-11(7-13)14-12(10)9(8)2/h3-4,11,14H,5-7,13H2,1-2H3. The van der Waals surface area contributed by atoms with Crippen LogP contribution in [0.15, 0.2) is 12.1 Å². The van der Waals surface area contributed by atoms with Crippen molar-refractivity contribution in [2.75, 3.05) is 11.9 Å². The van der Waals surface area contributed by atoms with Gasteiger partial charge in [-0.25, -0.2) is 0 Å². The second-order valence-electron chi connectivity index (χ2n) is 4.16. The van der Waals surface area contributed by atoms with E-state index in [-0.39, 0.29) is 0 Å². The predicted molar refractivity (Wildman–Crippen MR) is 60.7 cm³/mol. The van der Waals surface area contributed by atoms with Gasteiger partial charge < -0.3 is 11.1 Å². The van der Waals surface area contributed by atoms with E-state index in [0.717, 1.165) is 19.4 Å². The highest BCUT2D eigenvalue weighted by atomic mass is 15.0. The third kappa shape index (κ3) is 1.50. The van der Waals surface area contributed by atoms with Crippen molar-refractivity contribution in [1.82, 2.24) is 0 Å². The zero-order valence-corrected chi connectivity index (χ0v) is 8.93. The maximum absolute atomic E-state index is 5.69. The van der Waals surface area contributed by atoms with E-state index >= 15 is 0 Å². The van der Waals surface area contributed by atoms with Crippen molar-refractivity contribution in [1.29, 1.82) is 0 Å². The van der Waals surface area contributed by atoms with Crippen molar-refractivity contribution in [3.05, 3.63) is 28.8 Å². The number of hydrogen-bond acceptors (Lipinski definition) is 2. The first kappa shape index (κ1) is 9.53. The van der Waals surface area contributed by atoms with Gasteiger partial charge in [0.1, 0.15) is 0 Å². The van der Waals surface area contributed by atoms with Crippen LogP contribution in [0.1, 0.15) is 23.1 Å². The first-order chi connectivity index (χ1) is 6.72. The Bertz CT molecular complexity index is 344. The molecule has 1 unspecified atom stereocenters. The number of hydrogen-bond donors (Lipinski definition) is 2. The van der Waals surface area contributed by atoms with Crippen LogP contribution in [-0.4, -0.2) is 12.6 Å². The Hall–Kier alpha value is -1.02. The summed E-state index contributed by atoms with van der Waals surface area (Å²) >= 11 is 0. The first-order valence-corrected chi connectivity index (χ1v) is 5.28. The summed E-state index contributed by atoms with van der Waals surface area (Å²) in [7, 11) is 0. The Morgan fingerprint density at radius 3 is 2.93 bits per heavy atom. The molecule has 76 valence electrons. The Morgan fingerprint density at radius 2 is 2.21 bits per heavy atom. The van der Waals surface area contributed by atoms with Crippen LogP contribution in [-0.2, 0) is 6.42 Å². The highest BCUT2D eigenvalue weighted by Gasteiger charge is 2.18. The van der Waals surface area contributed by atoms with Crippen LogP contribution < -0.4 is 11.1 Å². The van der Waals surface area contributed by atoms with Gasteiger partial charge in [0, 0.05) is 18.3 Å². The molecule has 0 radical (unpaired) electrons. The minimum absolute atomic E-state index is 0.461. The number of benzene rings is 1. The van der Waals surface area contributed by atoms with E-state index in [1.807, 2.05) is 0 Å². The molecule has 1 heterocycles. The van der Waals surface area contributed by atoms with Crippen molar-refractivity contribution in [2.45, 2.75) is 32.7 Å². The highest BCUT2D eigenvalue weighted by molar-refractivity contribution is 5.61. The molecule has 2 rings (SSSR count). The van der Waals surface area contributed by atoms with Crippen LogP contribution in [0.3, 0.4) is 0 Å². The second kappa shape index (κ2) is 3.62. The Balaban J connectivity index is 2.38. The minimum atomic E-state index is 0.461. The summed E-state index contributed by atoms with van der Waals surface area (Å²) < 4.78 is 0. The number of fused-ring (bicyclic) bond motifs is 1. The van der Waals surface area contributed by atoms with Crippen molar-refractivity contribution >= 4 is 5.69 Å². The second-order valence-corrected chi connectivity index (χ2v) is 4.16. The summed E-state index contributed by atoms with van der Waals surface area (Å²) in [6, 6.07) is 4.90. The maximum atomic E-state index is 5.69. The number of nitrogens with two attached hydrogens (primary N) is 1. The summed E-state index contributed by atoms with van der Waals surface area (Å²) in [5.41, 5.74) is 11.2. The van der Waals surface area contributed by atoms with Gasteiger partial charge in [-0.05, 0) is 43.4 Å². The summed E-state index contributed by atoms with van der Waals surface area (Å²) in [6.45, 7) is 5.07. The lowest BCUT2D eigenvalue weighted by molar-refractivity contribution is 0.638. The molecular weight excluding hydrogens is 172 g/mol. The van der Waals surface area contributed by atoms with E-state index in [4.69, 9.17) is 5.73 Å². The van der Waals surface area contributed by atoms with Crippen LogP contribution in [0, 0.1) is 13.8 Å². The number of anilines is 1. The van der Waals surface area contributed by atoms with Crippen LogP contribution >= 0.6 is 0 Å². The average molecular weight is 190 g/mol. The lowest BCUT2D eigenvalue weighted by atomic mass is 9.93.